The number of nitrogens with one attached hydrogen (secondary N) is 1. The highest BCUT2D eigenvalue weighted by molar-refractivity contribution is 14.1. The van der Waals surface area contributed by atoms with Crippen LogP contribution in [0.25, 0.3) is 10.9 Å². The van der Waals surface area contributed by atoms with E-state index in [2.05, 4.69) is 27.9 Å². The van der Waals surface area contributed by atoms with E-state index in [0.717, 1.165) is 16.5 Å². The summed E-state index contributed by atoms with van der Waals surface area (Å²) in [7, 11) is 1.89. The molecule has 3 nitrogen and oxygen atoms in total. The molecule has 1 heterocycles. The van der Waals surface area contributed by atoms with Crippen LogP contribution in [0.2, 0.25) is 5.02 Å². The Balaban J connectivity index is 1.85. The summed E-state index contributed by atoms with van der Waals surface area (Å²) in [5.41, 5.74) is 2.70. The van der Waals surface area contributed by atoms with E-state index in [1.165, 1.54) is 3.57 Å². The zero-order chi connectivity index (χ0) is 16.6. The van der Waals surface area contributed by atoms with Gasteiger partial charge in [0.15, 0.2) is 0 Å². The lowest BCUT2D eigenvalue weighted by molar-refractivity contribution is 0.0932. The normalized spacial score (nSPS) is 12.3. The van der Waals surface area contributed by atoms with Gasteiger partial charge in [-0.05, 0) is 71.5 Å². The van der Waals surface area contributed by atoms with Gasteiger partial charge in [-0.15, -0.1) is 0 Å². The number of amides is 1. The minimum atomic E-state index is -0.0918. The zero-order valence-corrected chi connectivity index (χ0v) is 15.7. The summed E-state index contributed by atoms with van der Waals surface area (Å²) in [5.74, 6) is -0.0918. The van der Waals surface area contributed by atoms with Gasteiger partial charge in [0.1, 0.15) is 5.69 Å². The molecule has 1 atom stereocenters. The fraction of sp³-hybridized carbons (Fsp3) is 0.167. The molecule has 0 aliphatic rings. The molecule has 0 saturated carbocycles. The average Bonchev–Trinajstić information content (AvgIpc) is 2.84. The minimum Gasteiger partial charge on any atom is -0.344 e. The van der Waals surface area contributed by atoms with E-state index in [0.29, 0.717) is 10.7 Å². The van der Waals surface area contributed by atoms with Crippen molar-refractivity contribution in [2.45, 2.75) is 13.0 Å². The van der Waals surface area contributed by atoms with Crippen molar-refractivity contribution in [3.05, 3.63) is 68.4 Å². The second-order valence-corrected chi connectivity index (χ2v) is 7.22. The van der Waals surface area contributed by atoms with Gasteiger partial charge in [-0.1, -0.05) is 23.7 Å². The fourth-order valence-corrected chi connectivity index (χ4v) is 3.18. The van der Waals surface area contributed by atoms with Crippen LogP contribution in [0.1, 0.15) is 29.0 Å². The quantitative estimate of drug-likeness (QED) is 0.578. The summed E-state index contributed by atoms with van der Waals surface area (Å²) in [6, 6.07) is 15.6. The summed E-state index contributed by atoms with van der Waals surface area (Å²) in [5, 5.41) is 4.69. The lowest BCUT2D eigenvalue weighted by Gasteiger charge is -2.15. The summed E-state index contributed by atoms with van der Waals surface area (Å²) in [6.45, 7) is 1.99. The molecule has 0 radical (unpaired) electrons. The number of fused-ring (bicyclic) bond motifs is 1. The average molecular weight is 439 g/mol. The van der Waals surface area contributed by atoms with Gasteiger partial charge in [0.2, 0.25) is 0 Å². The van der Waals surface area contributed by atoms with Gasteiger partial charge in [-0.2, -0.15) is 0 Å². The summed E-state index contributed by atoms with van der Waals surface area (Å²) >= 11 is 8.29. The maximum Gasteiger partial charge on any atom is 0.268 e. The van der Waals surface area contributed by atoms with Crippen LogP contribution in [0, 0.1) is 3.57 Å². The third-order valence-electron chi connectivity index (χ3n) is 3.95. The number of carbonyl (C=O) groups excluding carboxylic acids is 1. The molecule has 0 unspecified atom stereocenters. The first-order valence-electron chi connectivity index (χ1n) is 7.27. The second kappa shape index (κ2) is 6.53. The van der Waals surface area contributed by atoms with Crippen LogP contribution in [-0.2, 0) is 7.05 Å². The van der Waals surface area contributed by atoms with Gasteiger partial charge < -0.3 is 9.88 Å². The van der Waals surface area contributed by atoms with Gasteiger partial charge >= 0.3 is 0 Å². The summed E-state index contributed by atoms with van der Waals surface area (Å²) in [4.78, 5) is 12.6. The van der Waals surface area contributed by atoms with E-state index in [-0.39, 0.29) is 11.9 Å². The van der Waals surface area contributed by atoms with Crippen molar-refractivity contribution in [1.82, 2.24) is 9.88 Å². The first-order chi connectivity index (χ1) is 11.0. The molecule has 118 valence electrons. The van der Waals surface area contributed by atoms with Gasteiger partial charge in [-0.25, -0.2) is 0 Å². The topological polar surface area (TPSA) is 34.0 Å². The highest BCUT2D eigenvalue weighted by Crippen LogP contribution is 2.23. The number of halogens is 2. The van der Waals surface area contributed by atoms with Crippen LogP contribution in [-0.4, -0.2) is 10.5 Å². The van der Waals surface area contributed by atoms with E-state index in [4.69, 9.17) is 11.6 Å². The monoisotopic (exact) mass is 438 g/mol. The first-order valence-corrected chi connectivity index (χ1v) is 8.72. The van der Waals surface area contributed by atoms with Crippen molar-refractivity contribution in [2.75, 3.05) is 0 Å². The van der Waals surface area contributed by atoms with E-state index in [1.807, 2.05) is 67.1 Å². The SMILES string of the molecule is C[C@@H](NC(=O)c1cc2cc(Cl)ccc2n1C)c1ccc(I)cc1. The fourth-order valence-electron chi connectivity index (χ4n) is 2.64. The predicted molar refractivity (Wildman–Crippen MR) is 103 cm³/mol. The van der Waals surface area contributed by atoms with Crippen LogP contribution < -0.4 is 5.32 Å². The van der Waals surface area contributed by atoms with Crippen LogP contribution in [0.3, 0.4) is 0 Å². The molecule has 1 N–H and O–H groups in total. The van der Waals surface area contributed by atoms with E-state index in [9.17, 15) is 4.79 Å². The predicted octanol–water partition coefficient (Wildman–Crippen LogP) is 4.93. The van der Waals surface area contributed by atoms with Gasteiger partial charge in [0.25, 0.3) is 5.91 Å². The third kappa shape index (κ3) is 3.38. The van der Waals surface area contributed by atoms with Crippen LogP contribution in [0.5, 0.6) is 0 Å². The number of rotatable bonds is 3. The molecule has 1 aromatic heterocycles. The molecule has 0 saturated heterocycles. The Kier molecular flexibility index (Phi) is 4.64. The Hall–Kier alpha value is -1.53. The molecule has 0 aliphatic heterocycles. The molecule has 3 rings (SSSR count). The molecule has 0 aliphatic carbocycles. The minimum absolute atomic E-state index is 0.0545. The third-order valence-corrected chi connectivity index (χ3v) is 4.91. The molecule has 5 heteroatoms. The van der Waals surface area contributed by atoms with E-state index >= 15 is 0 Å². The Labute approximate surface area is 153 Å². The molecule has 2 aromatic carbocycles. The zero-order valence-electron chi connectivity index (χ0n) is 12.8. The van der Waals surface area contributed by atoms with Gasteiger partial charge in [0.05, 0.1) is 6.04 Å². The maximum absolute atomic E-state index is 12.6. The van der Waals surface area contributed by atoms with Crippen molar-refractivity contribution in [2.24, 2.45) is 7.05 Å². The van der Waals surface area contributed by atoms with Crippen LogP contribution in [0.4, 0.5) is 0 Å². The number of benzene rings is 2. The number of aryl methyl sites for hydroxylation is 1. The number of nitrogens with zero attached hydrogens (tertiary/aromatic N) is 1. The van der Waals surface area contributed by atoms with Crippen LogP contribution in [0.15, 0.2) is 48.5 Å². The number of hydrogen-bond donors (Lipinski definition) is 1. The summed E-state index contributed by atoms with van der Waals surface area (Å²) in [6.07, 6.45) is 0. The number of aromatic nitrogens is 1. The van der Waals surface area contributed by atoms with E-state index < -0.39 is 0 Å². The van der Waals surface area contributed by atoms with Crippen molar-refractivity contribution in [3.8, 4) is 0 Å². The lowest BCUT2D eigenvalue weighted by Crippen LogP contribution is -2.28. The standard InChI is InChI=1S/C18H16ClIN2O/c1-11(12-3-6-15(20)7-4-12)21-18(23)17-10-13-9-14(19)5-8-16(13)22(17)2/h3-11H,1-2H3,(H,21,23)/t11-/m1/s1. The smallest absolute Gasteiger partial charge is 0.268 e. The molecule has 0 bridgehead atoms. The number of carbonyl (C=O) groups is 1. The maximum atomic E-state index is 12.6. The Morgan fingerprint density at radius 2 is 1.87 bits per heavy atom. The Morgan fingerprint density at radius 1 is 1.17 bits per heavy atom. The Morgan fingerprint density at radius 3 is 2.57 bits per heavy atom. The number of hydrogen-bond acceptors (Lipinski definition) is 1. The van der Waals surface area contributed by atoms with Gasteiger partial charge in [-0.3, -0.25) is 4.79 Å². The molecule has 0 fully saturated rings. The van der Waals surface area contributed by atoms with Crippen molar-refractivity contribution in [3.63, 3.8) is 0 Å². The van der Waals surface area contributed by atoms with Crippen molar-refractivity contribution < 1.29 is 4.79 Å². The van der Waals surface area contributed by atoms with Crippen molar-refractivity contribution >= 4 is 51.0 Å². The van der Waals surface area contributed by atoms with Gasteiger partial charge in [0, 0.05) is 26.5 Å². The second-order valence-electron chi connectivity index (χ2n) is 5.54. The van der Waals surface area contributed by atoms with Crippen molar-refractivity contribution in [1.29, 1.82) is 0 Å². The Bertz CT molecular complexity index is 871. The van der Waals surface area contributed by atoms with E-state index in [1.54, 1.807) is 0 Å². The molecule has 23 heavy (non-hydrogen) atoms. The first kappa shape index (κ1) is 16.3. The molecular formula is C18H16ClIN2O. The molecule has 1 amide bonds. The molecule has 0 spiro atoms. The highest BCUT2D eigenvalue weighted by Gasteiger charge is 2.16. The summed E-state index contributed by atoms with van der Waals surface area (Å²) < 4.78 is 3.07. The van der Waals surface area contributed by atoms with Crippen LogP contribution >= 0.6 is 34.2 Å². The molecule has 3 aromatic rings. The molecular weight excluding hydrogens is 423 g/mol. The highest BCUT2D eigenvalue weighted by atomic mass is 127. The lowest BCUT2D eigenvalue weighted by atomic mass is 10.1. The largest absolute Gasteiger partial charge is 0.344 e.